The summed E-state index contributed by atoms with van der Waals surface area (Å²) in [6.07, 6.45) is 2.32. The molecule has 1 N–H and O–H groups in total. The Morgan fingerprint density at radius 3 is 2.86 bits per heavy atom. The van der Waals surface area contributed by atoms with Crippen molar-refractivity contribution in [3.8, 4) is 0 Å². The molecule has 2 aromatic heterocycles. The number of hydrogen-bond acceptors (Lipinski definition) is 5. The highest BCUT2D eigenvalue weighted by atomic mass is 32.2. The fourth-order valence-corrected chi connectivity index (χ4v) is 4.33. The highest BCUT2D eigenvalue weighted by Gasteiger charge is 2.22. The van der Waals surface area contributed by atoms with Crippen molar-refractivity contribution in [2.75, 3.05) is 20.6 Å². The summed E-state index contributed by atoms with van der Waals surface area (Å²) in [5, 5.41) is 4.71. The molecule has 2 aromatic rings. The van der Waals surface area contributed by atoms with Crippen LogP contribution < -0.4 is 5.32 Å². The minimum Gasteiger partial charge on any atom is -0.315 e. The maximum absolute atomic E-state index is 12.5. The van der Waals surface area contributed by atoms with E-state index in [0.717, 1.165) is 10.6 Å². The smallest absolute Gasteiger partial charge is 0.243 e. The number of pyridine rings is 1. The lowest BCUT2D eigenvalue weighted by Crippen LogP contribution is -2.28. The van der Waals surface area contributed by atoms with Crippen molar-refractivity contribution in [3.05, 3.63) is 46.4 Å². The van der Waals surface area contributed by atoms with E-state index in [1.54, 1.807) is 24.7 Å². The number of sulfonamides is 1. The minimum atomic E-state index is -3.42. The van der Waals surface area contributed by atoms with E-state index in [4.69, 9.17) is 0 Å². The van der Waals surface area contributed by atoms with Gasteiger partial charge in [-0.05, 0) is 25.2 Å². The van der Waals surface area contributed by atoms with E-state index < -0.39 is 10.0 Å². The van der Waals surface area contributed by atoms with Gasteiger partial charge in [-0.1, -0.05) is 6.07 Å². The van der Waals surface area contributed by atoms with Gasteiger partial charge in [-0.25, -0.2) is 12.7 Å². The van der Waals surface area contributed by atoms with Gasteiger partial charge in [-0.3, -0.25) is 4.98 Å². The number of likely N-dealkylation sites (N-methyl/N-ethyl adjacent to an activating group) is 1. The average Bonchev–Trinajstić information content (AvgIpc) is 2.95. The second kappa shape index (κ2) is 7.13. The zero-order chi connectivity index (χ0) is 15.3. The molecule has 0 unspecified atom stereocenters. The fourth-order valence-electron chi connectivity index (χ4n) is 1.88. The molecule has 7 heteroatoms. The van der Waals surface area contributed by atoms with Crippen LogP contribution in [0.25, 0.3) is 0 Å². The lowest BCUT2D eigenvalue weighted by atomic mass is 10.3. The molecular formula is C14H19N3O2S2. The van der Waals surface area contributed by atoms with E-state index in [1.165, 1.54) is 15.6 Å². The number of aromatic nitrogens is 1. The Kier molecular flexibility index (Phi) is 5.46. The molecule has 0 bridgehead atoms. The van der Waals surface area contributed by atoms with Gasteiger partial charge in [0.25, 0.3) is 0 Å². The maximum atomic E-state index is 12.5. The summed E-state index contributed by atoms with van der Waals surface area (Å²) in [4.78, 5) is 5.58. The molecule has 0 saturated heterocycles. The Bertz CT molecular complexity index is 669. The first-order chi connectivity index (χ1) is 10.0. The number of rotatable bonds is 7. The summed E-state index contributed by atoms with van der Waals surface area (Å²) in [6.45, 7) is 1.09. The Labute approximate surface area is 129 Å². The van der Waals surface area contributed by atoms with E-state index in [0.29, 0.717) is 24.4 Å². The first-order valence-corrected chi connectivity index (χ1v) is 8.94. The van der Waals surface area contributed by atoms with Crippen LogP contribution in [0.3, 0.4) is 0 Å². The van der Waals surface area contributed by atoms with Crippen molar-refractivity contribution in [1.82, 2.24) is 14.6 Å². The van der Waals surface area contributed by atoms with Crippen molar-refractivity contribution in [1.29, 1.82) is 0 Å². The monoisotopic (exact) mass is 325 g/mol. The van der Waals surface area contributed by atoms with Gasteiger partial charge in [0.05, 0.1) is 4.90 Å². The predicted octanol–water partition coefficient (Wildman–Crippen LogP) is 1.73. The van der Waals surface area contributed by atoms with Gasteiger partial charge in [-0.15, -0.1) is 11.3 Å². The second-order valence-electron chi connectivity index (χ2n) is 4.68. The Morgan fingerprint density at radius 2 is 2.19 bits per heavy atom. The molecule has 0 aliphatic carbocycles. The van der Waals surface area contributed by atoms with E-state index >= 15 is 0 Å². The molecule has 5 nitrogen and oxygen atoms in total. The van der Waals surface area contributed by atoms with Gasteiger partial charge < -0.3 is 5.32 Å². The molecule has 0 aliphatic heterocycles. The van der Waals surface area contributed by atoms with E-state index in [1.807, 2.05) is 25.2 Å². The molecule has 21 heavy (non-hydrogen) atoms. The Balaban J connectivity index is 2.04. The molecule has 114 valence electrons. The molecule has 2 heterocycles. The third-order valence-electron chi connectivity index (χ3n) is 3.10. The summed E-state index contributed by atoms with van der Waals surface area (Å²) >= 11 is 1.45. The van der Waals surface area contributed by atoms with Crippen LogP contribution in [-0.4, -0.2) is 38.3 Å². The first kappa shape index (κ1) is 16.1. The standard InChI is InChI=1S/C14H19N3O2S2/c1-15-10-13-9-14(11-20-13)21(18,19)17(2)8-6-12-5-3-4-7-16-12/h3-5,7,9,11,15H,6,8,10H2,1-2H3. The average molecular weight is 325 g/mol. The highest BCUT2D eigenvalue weighted by Crippen LogP contribution is 2.22. The molecule has 0 amide bonds. The maximum Gasteiger partial charge on any atom is 0.243 e. The summed E-state index contributed by atoms with van der Waals surface area (Å²) in [5.74, 6) is 0. The van der Waals surface area contributed by atoms with Gasteiger partial charge >= 0.3 is 0 Å². The summed E-state index contributed by atoms with van der Waals surface area (Å²) < 4.78 is 26.3. The molecule has 2 rings (SSSR count). The quantitative estimate of drug-likeness (QED) is 0.842. The first-order valence-electron chi connectivity index (χ1n) is 6.62. The van der Waals surface area contributed by atoms with Crippen LogP contribution in [0.15, 0.2) is 40.7 Å². The Hall–Kier alpha value is -1.28. The van der Waals surface area contributed by atoms with Crippen LogP contribution in [0.2, 0.25) is 0 Å². The van der Waals surface area contributed by atoms with Gasteiger partial charge in [0, 0.05) is 48.7 Å². The topological polar surface area (TPSA) is 62.3 Å². The fraction of sp³-hybridized carbons (Fsp3) is 0.357. The van der Waals surface area contributed by atoms with E-state index in [-0.39, 0.29) is 0 Å². The molecule has 0 radical (unpaired) electrons. The van der Waals surface area contributed by atoms with Crippen molar-refractivity contribution in [2.24, 2.45) is 0 Å². The van der Waals surface area contributed by atoms with Gasteiger partial charge in [0.1, 0.15) is 0 Å². The van der Waals surface area contributed by atoms with Crippen LogP contribution in [-0.2, 0) is 23.0 Å². The largest absolute Gasteiger partial charge is 0.315 e. The highest BCUT2D eigenvalue weighted by molar-refractivity contribution is 7.89. The molecular weight excluding hydrogens is 306 g/mol. The van der Waals surface area contributed by atoms with Crippen LogP contribution in [0.4, 0.5) is 0 Å². The van der Waals surface area contributed by atoms with Crippen molar-refractivity contribution in [3.63, 3.8) is 0 Å². The molecule has 0 aliphatic rings. The molecule has 0 aromatic carbocycles. The second-order valence-corrected chi connectivity index (χ2v) is 7.72. The third kappa shape index (κ3) is 4.10. The van der Waals surface area contributed by atoms with Crippen LogP contribution in [0.5, 0.6) is 0 Å². The lowest BCUT2D eigenvalue weighted by molar-refractivity contribution is 0.471. The number of nitrogens with one attached hydrogen (secondary N) is 1. The summed E-state index contributed by atoms with van der Waals surface area (Å²) in [7, 11) is 0.0266. The van der Waals surface area contributed by atoms with Gasteiger partial charge in [-0.2, -0.15) is 0 Å². The summed E-state index contributed by atoms with van der Waals surface area (Å²) in [5.41, 5.74) is 0.890. The predicted molar refractivity (Wildman–Crippen MR) is 84.8 cm³/mol. The number of thiophene rings is 1. The SMILES string of the molecule is CNCc1cc(S(=O)(=O)N(C)CCc2ccccn2)cs1. The van der Waals surface area contributed by atoms with Crippen LogP contribution in [0.1, 0.15) is 10.6 Å². The zero-order valence-electron chi connectivity index (χ0n) is 12.1. The number of hydrogen-bond donors (Lipinski definition) is 1. The molecule has 0 spiro atoms. The normalized spacial score (nSPS) is 12.0. The molecule has 0 fully saturated rings. The van der Waals surface area contributed by atoms with Gasteiger partial charge in [0.2, 0.25) is 10.0 Å². The summed E-state index contributed by atoms with van der Waals surface area (Å²) in [6, 6.07) is 7.38. The zero-order valence-corrected chi connectivity index (χ0v) is 13.7. The van der Waals surface area contributed by atoms with E-state index in [9.17, 15) is 8.42 Å². The van der Waals surface area contributed by atoms with Crippen molar-refractivity contribution < 1.29 is 8.42 Å². The minimum absolute atomic E-state index is 0.362. The number of nitrogens with zero attached hydrogens (tertiary/aromatic N) is 2. The lowest BCUT2D eigenvalue weighted by Gasteiger charge is -2.15. The van der Waals surface area contributed by atoms with Crippen LogP contribution in [0, 0.1) is 0 Å². The van der Waals surface area contributed by atoms with Crippen molar-refractivity contribution in [2.45, 2.75) is 17.9 Å². The Morgan fingerprint density at radius 1 is 1.38 bits per heavy atom. The molecule has 0 atom stereocenters. The van der Waals surface area contributed by atoms with E-state index in [2.05, 4.69) is 10.3 Å². The van der Waals surface area contributed by atoms with Crippen LogP contribution >= 0.6 is 11.3 Å². The van der Waals surface area contributed by atoms with Gasteiger partial charge in [0.15, 0.2) is 0 Å². The molecule has 0 saturated carbocycles. The van der Waals surface area contributed by atoms with Crippen molar-refractivity contribution >= 4 is 21.4 Å². The third-order valence-corrected chi connectivity index (χ3v) is 6.02.